The number of methoxy groups -OCH3 is 1. The Kier molecular flexibility index (Phi) is 6.47. The number of piperidine rings is 1. The summed E-state index contributed by atoms with van der Waals surface area (Å²) >= 11 is 0. The molecule has 1 saturated carbocycles. The zero-order chi connectivity index (χ0) is 20.5. The molecule has 0 bridgehead atoms. The Bertz CT molecular complexity index is 609. The second-order valence-electron chi connectivity index (χ2n) is 9.44. The van der Waals surface area contributed by atoms with Gasteiger partial charge in [0, 0.05) is 33.2 Å². The zero-order valence-electron chi connectivity index (χ0n) is 18.1. The highest BCUT2D eigenvalue weighted by Crippen LogP contribution is 2.41. The molecule has 0 radical (unpaired) electrons. The number of carbonyl (C=O) groups excluding carboxylic acids is 2. The fourth-order valence-corrected chi connectivity index (χ4v) is 6.35. The third-order valence-corrected chi connectivity index (χ3v) is 7.72. The van der Waals surface area contributed by atoms with Gasteiger partial charge in [-0.15, -0.1) is 0 Å². The highest BCUT2D eigenvalue weighted by molar-refractivity contribution is 5.82. The van der Waals surface area contributed by atoms with Crippen molar-refractivity contribution in [3.05, 3.63) is 0 Å². The van der Waals surface area contributed by atoms with E-state index in [1.54, 1.807) is 14.0 Å². The molecule has 7 atom stereocenters. The Hall–Kier alpha value is -1.18. The van der Waals surface area contributed by atoms with Gasteiger partial charge in [0.25, 0.3) is 5.91 Å². The van der Waals surface area contributed by atoms with E-state index in [1.165, 1.54) is 0 Å². The predicted molar refractivity (Wildman–Crippen MR) is 109 cm³/mol. The maximum atomic E-state index is 13.3. The normalized spacial score (nSPS) is 40.6. The quantitative estimate of drug-likeness (QED) is 0.772. The fraction of sp³-hybridized carbons (Fsp3) is 0.909. The van der Waals surface area contributed by atoms with Crippen molar-refractivity contribution in [2.24, 2.45) is 11.8 Å². The van der Waals surface area contributed by atoms with Crippen LogP contribution in [0.4, 0.5) is 0 Å². The van der Waals surface area contributed by atoms with Gasteiger partial charge in [-0.05, 0) is 70.3 Å². The molecule has 1 N–H and O–H groups in total. The Labute approximate surface area is 174 Å². The van der Waals surface area contributed by atoms with Gasteiger partial charge in [0.1, 0.15) is 12.3 Å². The number of nitrogens with one attached hydrogen (secondary N) is 1. The number of ether oxygens (including phenoxy) is 2. The minimum Gasteiger partial charge on any atom is -0.368 e. The van der Waals surface area contributed by atoms with Gasteiger partial charge in [-0.25, -0.2) is 0 Å². The molecule has 3 aliphatic heterocycles. The molecule has 3 saturated heterocycles. The van der Waals surface area contributed by atoms with Crippen LogP contribution in [-0.2, 0) is 19.1 Å². The van der Waals surface area contributed by atoms with E-state index >= 15 is 0 Å². The molecule has 7 nitrogen and oxygen atoms in total. The summed E-state index contributed by atoms with van der Waals surface area (Å²) in [6, 6.07) is 0.312. The van der Waals surface area contributed by atoms with E-state index in [1.807, 2.05) is 0 Å². The molecule has 29 heavy (non-hydrogen) atoms. The molecule has 0 aromatic carbocycles. The number of piperazine rings is 1. The van der Waals surface area contributed by atoms with Crippen LogP contribution in [0.1, 0.15) is 58.8 Å². The average Bonchev–Trinajstić information content (AvgIpc) is 3.27. The number of fused-ring (bicyclic) bond motifs is 1. The topological polar surface area (TPSA) is 71.1 Å². The Balaban J connectivity index is 1.53. The number of hydrogen-bond donors (Lipinski definition) is 1. The standard InChI is InChI=1S/C22H37N3O4/c1-14-13-24(22(27)20-5-4-10-29-20)19-11-16(6-7-18(19)25(14)15(2)26)17-8-9-23-21(12-17)28-3/h14,16-21,23H,4-13H2,1-3H3/t14-,16?,17?,18?,19?,20?,21?/m0/s1. The summed E-state index contributed by atoms with van der Waals surface area (Å²) in [5, 5.41) is 3.43. The summed E-state index contributed by atoms with van der Waals surface area (Å²) in [5.74, 6) is 1.48. The Morgan fingerprint density at radius 3 is 2.55 bits per heavy atom. The molecule has 6 unspecified atom stereocenters. The molecule has 1 aliphatic carbocycles. The largest absolute Gasteiger partial charge is 0.368 e. The van der Waals surface area contributed by atoms with E-state index in [-0.39, 0.29) is 42.3 Å². The maximum absolute atomic E-state index is 13.3. The van der Waals surface area contributed by atoms with Crippen molar-refractivity contribution in [2.45, 2.75) is 89.3 Å². The van der Waals surface area contributed by atoms with Gasteiger partial charge < -0.3 is 19.3 Å². The number of hydrogen-bond acceptors (Lipinski definition) is 5. The lowest BCUT2D eigenvalue weighted by Gasteiger charge is -2.55. The summed E-state index contributed by atoms with van der Waals surface area (Å²) in [6.07, 6.45) is 6.92. The van der Waals surface area contributed by atoms with Crippen LogP contribution in [0.5, 0.6) is 0 Å². The van der Waals surface area contributed by atoms with Gasteiger partial charge in [0.2, 0.25) is 5.91 Å². The summed E-state index contributed by atoms with van der Waals surface area (Å²) in [4.78, 5) is 29.9. The highest BCUT2D eigenvalue weighted by Gasteiger charge is 2.48. The fourth-order valence-electron chi connectivity index (χ4n) is 6.35. The van der Waals surface area contributed by atoms with Gasteiger partial charge in [0.05, 0.1) is 12.1 Å². The van der Waals surface area contributed by atoms with E-state index in [2.05, 4.69) is 22.0 Å². The SMILES string of the molecule is COC1CC(C2CCC3C(C2)N(C(=O)C2CCCO2)C[C@H](C)N3C(C)=O)CCN1. The Morgan fingerprint density at radius 2 is 1.86 bits per heavy atom. The lowest BCUT2D eigenvalue weighted by molar-refractivity contribution is -0.160. The highest BCUT2D eigenvalue weighted by atomic mass is 16.5. The van der Waals surface area contributed by atoms with Crippen LogP contribution in [0, 0.1) is 11.8 Å². The van der Waals surface area contributed by atoms with Crippen molar-refractivity contribution < 1.29 is 19.1 Å². The second-order valence-corrected chi connectivity index (χ2v) is 9.44. The number of carbonyl (C=O) groups is 2. The summed E-state index contributed by atoms with van der Waals surface area (Å²) in [6.45, 7) is 6.05. The van der Waals surface area contributed by atoms with Crippen LogP contribution in [0.3, 0.4) is 0 Å². The summed E-state index contributed by atoms with van der Waals surface area (Å²) in [5.41, 5.74) is 0. The van der Waals surface area contributed by atoms with Crippen molar-refractivity contribution >= 4 is 11.8 Å². The van der Waals surface area contributed by atoms with E-state index in [4.69, 9.17) is 9.47 Å². The van der Waals surface area contributed by atoms with Crippen LogP contribution in [0.2, 0.25) is 0 Å². The molecule has 2 amide bonds. The number of rotatable bonds is 3. The zero-order valence-corrected chi connectivity index (χ0v) is 18.1. The number of nitrogens with zero attached hydrogens (tertiary/aromatic N) is 2. The summed E-state index contributed by atoms with van der Waals surface area (Å²) in [7, 11) is 1.77. The van der Waals surface area contributed by atoms with E-state index in [0.29, 0.717) is 25.0 Å². The van der Waals surface area contributed by atoms with Crippen LogP contribution < -0.4 is 5.32 Å². The molecule has 4 aliphatic rings. The van der Waals surface area contributed by atoms with Crippen LogP contribution in [0.15, 0.2) is 0 Å². The first-order valence-electron chi connectivity index (χ1n) is 11.5. The average molecular weight is 408 g/mol. The Morgan fingerprint density at radius 1 is 1.07 bits per heavy atom. The van der Waals surface area contributed by atoms with Gasteiger partial charge in [0.15, 0.2) is 0 Å². The molecular formula is C22H37N3O4. The third-order valence-electron chi connectivity index (χ3n) is 7.72. The van der Waals surface area contributed by atoms with Crippen molar-refractivity contribution in [1.29, 1.82) is 0 Å². The van der Waals surface area contributed by atoms with Crippen molar-refractivity contribution in [3.8, 4) is 0 Å². The smallest absolute Gasteiger partial charge is 0.252 e. The molecule has 0 aromatic heterocycles. The van der Waals surface area contributed by atoms with Gasteiger partial charge in [-0.2, -0.15) is 0 Å². The lowest BCUT2D eigenvalue weighted by Crippen LogP contribution is -2.68. The van der Waals surface area contributed by atoms with Crippen molar-refractivity contribution in [2.75, 3.05) is 26.8 Å². The van der Waals surface area contributed by atoms with Crippen molar-refractivity contribution in [3.63, 3.8) is 0 Å². The predicted octanol–water partition coefficient (Wildman–Crippen LogP) is 1.75. The third kappa shape index (κ3) is 4.19. The molecule has 4 fully saturated rings. The first kappa shape index (κ1) is 21.1. The molecular weight excluding hydrogens is 370 g/mol. The van der Waals surface area contributed by atoms with Crippen LogP contribution in [-0.4, -0.2) is 78.9 Å². The second kappa shape index (κ2) is 8.90. The maximum Gasteiger partial charge on any atom is 0.252 e. The molecule has 0 aromatic rings. The van der Waals surface area contributed by atoms with Gasteiger partial charge in [-0.3, -0.25) is 14.9 Å². The van der Waals surface area contributed by atoms with Gasteiger partial charge in [-0.1, -0.05) is 0 Å². The minimum absolute atomic E-state index is 0.0624. The molecule has 4 rings (SSSR count). The van der Waals surface area contributed by atoms with Crippen LogP contribution >= 0.6 is 0 Å². The minimum atomic E-state index is -0.288. The van der Waals surface area contributed by atoms with Crippen LogP contribution in [0.25, 0.3) is 0 Å². The number of amides is 2. The molecule has 164 valence electrons. The monoisotopic (exact) mass is 407 g/mol. The van der Waals surface area contributed by atoms with Crippen molar-refractivity contribution in [1.82, 2.24) is 15.1 Å². The van der Waals surface area contributed by atoms with E-state index in [9.17, 15) is 9.59 Å². The molecule has 0 spiro atoms. The summed E-state index contributed by atoms with van der Waals surface area (Å²) < 4.78 is 11.3. The van der Waals surface area contributed by atoms with E-state index in [0.717, 1.165) is 51.5 Å². The first-order chi connectivity index (χ1) is 14.0. The lowest BCUT2D eigenvalue weighted by atomic mass is 9.70. The van der Waals surface area contributed by atoms with Gasteiger partial charge >= 0.3 is 0 Å². The molecule has 3 heterocycles. The van der Waals surface area contributed by atoms with E-state index < -0.39 is 0 Å². The first-order valence-corrected chi connectivity index (χ1v) is 11.5. The molecule has 7 heteroatoms.